The smallest absolute Gasteiger partial charge is 0.300 e. The van der Waals surface area contributed by atoms with Crippen molar-refractivity contribution in [2.75, 3.05) is 0 Å². The highest BCUT2D eigenvalue weighted by Crippen LogP contribution is 2.37. The third kappa shape index (κ3) is 3.85. The topological polar surface area (TPSA) is 183 Å². The number of aliphatic hydroxyl groups is 2. The average molecular weight is 438 g/mol. The maximum atomic E-state index is 12.4. The maximum Gasteiger partial charge on any atom is 0.300 e. The van der Waals surface area contributed by atoms with Crippen molar-refractivity contribution in [1.29, 1.82) is 0 Å². The fraction of sp³-hybridized carbons (Fsp3) is 0.286. The van der Waals surface area contributed by atoms with E-state index >= 15 is 0 Å². The predicted molar refractivity (Wildman–Crippen MR) is 94.1 cm³/mol. The molecule has 148 valence electrons. The Kier molecular flexibility index (Phi) is 5.69. The Bertz CT molecular complexity index is 908. The number of allylic oxidation sites excluding steroid dienone is 4. The van der Waals surface area contributed by atoms with Crippen LogP contribution in [0.1, 0.15) is 0 Å². The second-order valence-electron chi connectivity index (χ2n) is 5.64. The van der Waals surface area contributed by atoms with Crippen molar-refractivity contribution < 1.29 is 45.7 Å². The number of carbonyl (C=O) groups is 2. The Balaban J connectivity index is 2.31. The zero-order valence-corrected chi connectivity index (χ0v) is 15.7. The van der Waals surface area contributed by atoms with Gasteiger partial charge in [-0.2, -0.15) is 16.8 Å². The van der Waals surface area contributed by atoms with Crippen molar-refractivity contribution >= 4 is 42.2 Å². The van der Waals surface area contributed by atoms with Gasteiger partial charge in [0.15, 0.2) is 0 Å². The van der Waals surface area contributed by atoms with Gasteiger partial charge < -0.3 is 10.2 Å². The van der Waals surface area contributed by atoms with Gasteiger partial charge in [0.1, 0.15) is 0 Å². The quantitative estimate of drug-likeness (QED) is 0.411. The van der Waals surface area contributed by atoms with Gasteiger partial charge in [-0.1, -0.05) is 36.5 Å². The first-order chi connectivity index (χ1) is 12.2. The summed E-state index contributed by atoms with van der Waals surface area (Å²) in [5, 5.41) is 17.9. The summed E-state index contributed by atoms with van der Waals surface area (Å²) in [5.41, 5.74) is 0. The monoisotopic (exact) mass is 438 g/mol. The van der Waals surface area contributed by atoms with Gasteiger partial charge in [0, 0.05) is 0 Å². The van der Waals surface area contributed by atoms with E-state index in [1.165, 1.54) is 12.2 Å². The van der Waals surface area contributed by atoms with Gasteiger partial charge in [-0.25, -0.2) is 0 Å². The molecule has 0 saturated carbocycles. The van der Waals surface area contributed by atoms with E-state index in [0.717, 1.165) is 24.3 Å². The summed E-state index contributed by atoms with van der Waals surface area (Å²) in [6.07, 6.45) is 7.69. The summed E-state index contributed by atoms with van der Waals surface area (Å²) < 4.78 is 64.2. The van der Waals surface area contributed by atoms with E-state index in [1.807, 2.05) is 0 Å². The summed E-state index contributed by atoms with van der Waals surface area (Å²) in [6.45, 7) is 0. The fourth-order valence-electron chi connectivity index (χ4n) is 2.43. The molecule has 2 rings (SSSR count). The van der Waals surface area contributed by atoms with Crippen LogP contribution in [0.4, 0.5) is 0 Å². The van der Waals surface area contributed by atoms with E-state index in [-0.39, 0.29) is 11.8 Å². The molecule has 13 heteroatoms. The predicted octanol–water partition coefficient (Wildman–Crippen LogP) is -0.590. The molecule has 4 N–H and O–H groups in total. The van der Waals surface area contributed by atoms with Crippen LogP contribution in [0.3, 0.4) is 0 Å². The van der Waals surface area contributed by atoms with Crippen LogP contribution in [-0.2, 0) is 29.8 Å². The molecule has 0 aromatic rings. The van der Waals surface area contributed by atoms with Crippen molar-refractivity contribution in [2.45, 2.75) is 9.87 Å². The molecule has 0 heterocycles. The minimum absolute atomic E-state index is 0.170. The molecule has 0 fully saturated rings. The molecule has 27 heavy (non-hydrogen) atoms. The Morgan fingerprint density at radius 1 is 0.741 bits per heavy atom. The molecule has 2 aliphatic rings. The van der Waals surface area contributed by atoms with Crippen LogP contribution in [0.5, 0.6) is 0 Å². The minimum Gasteiger partial charge on any atom is -0.369 e. The van der Waals surface area contributed by atoms with E-state index < -0.39 is 52.2 Å². The van der Waals surface area contributed by atoms with Gasteiger partial charge >= 0.3 is 0 Å². The van der Waals surface area contributed by atoms with E-state index in [9.17, 15) is 45.7 Å². The first kappa shape index (κ1) is 21.7. The van der Waals surface area contributed by atoms with Gasteiger partial charge in [0.2, 0.25) is 20.1 Å². The summed E-state index contributed by atoms with van der Waals surface area (Å²) in [7, 11) is -10.3. The lowest BCUT2D eigenvalue weighted by Gasteiger charge is -2.31. The molecule has 4 unspecified atom stereocenters. The largest absolute Gasteiger partial charge is 0.369 e. The highest BCUT2D eigenvalue weighted by Gasteiger charge is 2.53. The van der Waals surface area contributed by atoms with Crippen molar-refractivity contribution in [3.05, 3.63) is 48.6 Å². The van der Waals surface area contributed by atoms with E-state index in [2.05, 4.69) is 0 Å². The van der Waals surface area contributed by atoms with Crippen LogP contribution < -0.4 is 0 Å². The first-order valence-corrected chi connectivity index (χ1v) is 10.8. The molecular formula is C14H14O10S3. The number of thioether (sulfide) groups is 1. The third-order valence-corrected chi connectivity index (χ3v) is 7.27. The summed E-state index contributed by atoms with van der Waals surface area (Å²) in [5.74, 6) is -3.76. The van der Waals surface area contributed by atoms with Crippen molar-refractivity contribution in [1.82, 2.24) is 0 Å². The zero-order valence-electron chi connectivity index (χ0n) is 13.2. The van der Waals surface area contributed by atoms with Gasteiger partial charge in [0.05, 0.1) is 11.8 Å². The van der Waals surface area contributed by atoms with Crippen LogP contribution in [0.15, 0.2) is 48.6 Å². The lowest BCUT2D eigenvalue weighted by atomic mass is 9.98. The first-order valence-electron chi connectivity index (χ1n) is 7.10. The third-order valence-electron chi connectivity index (χ3n) is 3.93. The highest BCUT2D eigenvalue weighted by atomic mass is 32.2. The van der Waals surface area contributed by atoms with Gasteiger partial charge in [0.25, 0.3) is 20.2 Å². The van der Waals surface area contributed by atoms with Gasteiger partial charge in [-0.3, -0.25) is 18.7 Å². The van der Waals surface area contributed by atoms with Crippen LogP contribution in [-0.4, -0.2) is 56.3 Å². The van der Waals surface area contributed by atoms with E-state index in [0.29, 0.717) is 12.2 Å². The summed E-state index contributed by atoms with van der Waals surface area (Å²) in [4.78, 5) is 18.7. The summed E-state index contributed by atoms with van der Waals surface area (Å²) in [6, 6.07) is 0. The fourth-order valence-corrected chi connectivity index (χ4v) is 5.07. The molecule has 0 radical (unpaired) electrons. The molecule has 0 bridgehead atoms. The maximum absolute atomic E-state index is 12.4. The minimum atomic E-state index is -5.16. The number of hydrogen-bond donors (Lipinski definition) is 4. The lowest BCUT2D eigenvalue weighted by molar-refractivity contribution is -0.118. The van der Waals surface area contributed by atoms with Crippen molar-refractivity contribution in [3.8, 4) is 0 Å². The van der Waals surface area contributed by atoms with Gasteiger partial charge in [-0.15, -0.1) is 0 Å². The Morgan fingerprint density at radius 2 is 1.07 bits per heavy atom. The second-order valence-corrected chi connectivity index (χ2v) is 9.85. The van der Waals surface area contributed by atoms with Crippen LogP contribution in [0, 0.1) is 11.8 Å². The molecule has 0 aliphatic heterocycles. The Labute approximate surface area is 158 Å². The van der Waals surface area contributed by atoms with Gasteiger partial charge in [-0.05, 0) is 23.9 Å². The molecule has 10 nitrogen and oxygen atoms in total. The zero-order chi connectivity index (χ0) is 20.7. The normalized spacial score (nSPS) is 33.2. The SMILES string of the molecule is O=C(SC(=O)C1C=CC=CC1(O)S(=O)(=O)O)C1C=CC=CC1(O)S(=O)(=O)O. The highest BCUT2D eigenvalue weighted by molar-refractivity contribution is 8.26. The number of hydrogen-bond acceptors (Lipinski definition) is 9. The Hall–Kier alpha value is -1.61. The molecule has 0 spiro atoms. The molecule has 0 aromatic carbocycles. The van der Waals surface area contributed by atoms with E-state index in [4.69, 9.17) is 0 Å². The van der Waals surface area contributed by atoms with E-state index in [1.54, 1.807) is 0 Å². The number of carbonyl (C=O) groups excluding carboxylic acids is 2. The van der Waals surface area contributed by atoms with Crippen LogP contribution in [0.2, 0.25) is 0 Å². The molecule has 0 saturated heterocycles. The lowest BCUT2D eigenvalue weighted by Crippen LogP contribution is -2.48. The standard InChI is InChI=1S/C14H14O10S3/c15-11(9-5-1-3-7-13(9,17)26(19,20)21)25-12(16)10-6-2-4-8-14(10,18)27(22,23)24/h1-10,17-18H,(H,19,20,21)(H,22,23,24). The van der Waals surface area contributed by atoms with Crippen LogP contribution in [0.25, 0.3) is 0 Å². The van der Waals surface area contributed by atoms with Crippen molar-refractivity contribution in [2.24, 2.45) is 11.8 Å². The number of rotatable bonds is 4. The second kappa shape index (κ2) is 7.09. The molecule has 0 amide bonds. The molecule has 0 aromatic heterocycles. The summed E-state index contributed by atoms with van der Waals surface area (Å²) >= 11 is -0.170. The average Bonchev–Trinajstić information content (AvgIpc) is 2.53. The van der Waals surface area contributed by atoms with Crippen LogP contribution >= 0.6 is 11.8 Å². The van der Waals surface area contributed by atoms with Crippen molar-refractivity contribution in [3.63, 3.8) is 0 Å². The molecule has 2 aliphatic carbocycles. The molecular weight excluding hydrogens is 424 g/mol. The molecule has 4 atom stereocenters. The Morgan fingerprint density at radius 3 is 1.37 bits per heavy atom.